The minimum atomic E-state index is -0.458. The third-order valence-corrected chi connectivity index (χ3v) is 2.63. The standard InChI is InChI=1S/C10H11Cl2NO2/c1-7(11)2-3-8-4-5-9(13(14)15)6-10(8)12/h4-7H,2-3H2,1H3. The van der Waals surface area contributed by atoms with E-state index in [-0.39, 0.29) is 11.1 Å². The number of nitrogens with zero attached hydrogens (tertiary/aromatic N) is 1. The van der Waals surface area contributed by atoms with Crippen molar-refractivity contribution >= 4 is 28.9 Å². The number of hydrogen-bond acceptors (Lipinski definition) is 2. The average molecular weight is 248 g/mol. The van der Waals surface area contributed by atoms with E-state index in [0.29, 0.717) is 5.02 Å². The van der Waals surface area contributed by atoms with Gasteiger partial charge in [0.1, 0.15) is 0 Å². The zero-order valence-corrected chi connectivity index (χ0v) is 9.76. The molecule has 0 spiro atoms. The Bertz CT molecular complexity index is 366. The number of aryl methyl sites for hydroxylation is 1. The zero-order chi connectivity index (χ0) is 11.4. The smallest absolute Gasteiger partial charge is 0.258 e. The van der Waals surface area contributed by atoms with E-state index in [1.807, 2.05) is 6.92 Å². The van der Waals surface area contributed by atoms with E-state index in [4.69, 9.17) is 23.2 Å². The van der Waals surface area contributed by atoms with Crippen LogP contribution in [0.3, 0.4) is 0 Å². The first-order valence-electron chi connectivity index (χ1n) is 4.57. The topological polar surface area (TPSA) is 43.1 Å². The summed E-state index contributed by atoms with van der Waals surface area (Å²) in [5, 5.41) is 11.0. The summed E-state index contributed by atoms with van der Waals surface area (Å²) in [6.07, 6.45) is 1.54. The van der Waals surface area contributed by atoms with Crippen molar-refractivity contribution in [2.45, 2.75) is 25.1 Å². The quantitative estimate of drug-likeness (QED) is 0.462. The van der Waals surface area contributed by atoms with E-state index >= 15 is 0 Å². The molecule has 82 valence electrons. The van der Waals surface area contributed by atoms with Crippen LogP contribution in [0.25, 0.3) is 0 Å². The van der Waals surface area contributed by atoms with Gasteiger partial charge in [-0.1, -0.05) is 17.7 Å². The molecular formula is C10H11Cl2NO2. The molecule has 0 radical (unpaired) electrons. The van der Waals surface area contributed by atoms with Crippen molar-refractivity contribution in [1.29, 1.82) is 0 Å². The predicted octanol–water partition coefficient (Wildman–Crippen LogP) is 3.81. The number of nitro groups is 1. The van der Waals surface area contributed by atoms with Gasteiger partial charge in [-0.15, -0.1) is 11.6 Å². The second-order valence-electron chi connectivity index (χ2n) is 3.35. The minimum Gasteiger partial charge on any atom is -0.258 e. The molecule has 0 amide bonds. The van der Waals surface area contributed by atoms with Gasteiger partial charge in [0.15, 0.2) is 0 Å². The van der Waals surface area contributed by atoms with Crippen molar-refractivity contribution in [3.05, 3.63) is 38.9 Å². The van der Waals surface area contributed by atoms with E-state index < -0.39 is 4.92 Å². The first-order valence-corrected chi connectivity index (χ1v) is 5.39. The van der Waals surface area contributed by atoms with Crippen LogP contribution in [0.1, 0.15) is 18.9 Å². The molecule has 0 aliphatic heterocycles. The number of rotatable bonds is 4. The minimum absolute atomic E-state index is 0.0164. The first-order chi connectivity index (χ1) is 7.00. The van der Waals surface area contributed by atoms with Crippen LogP contribution in [-0.2, 0) is 6.42 Å². The molecule has 0 bridgehead atoms. The van der Waals surface area contributed by atoms with Crippen molar-refractivity contribution in [2.24, 2.45) is 0 Å². The van der Waals surface area contributed by atoms with E-state index in [1.165, 1.54) is 12.1 Å². The number of benzene rings is 1. The molecule has 0 heterocycles. The lowest BCUT2D eigenvalue weighted by Crippen LogP contribution is -1.96. The average Bonchev–Trinajstić information content (AvgIpc) is 2.15. The van der Waals surface area contributed by atoms with Crippen molar-refractivity contribution in [3.8, 4) is 0 Å². The highest BCUT2D eigenvalue weighted by molar-refractivity contribution is 6.31. The molecule has 0 saturated heterocycles. The second kappa shape index (κ2) is 5.33. The van der Waals surface area contributed by atoms with E-state index in [1.54, 1.807) is 6.07 Å². The van der Waals surface area contributed by atoms with Crippen LogP contribution in [0.4, 0.5) is 5.69 Å². The lowest BCUT2D eigenvalue weighted by molar-refractivity contribution is -0.384. The highest BCUT2D eigenvalue weighted by Crippen LogP contribution is 2.24. The molecule has 15 heavy (non-hydrogen) atoms. The molecule has 0 saturated carbocycles. The van der Waals surface area contributed by atoms with Crippen molar-refractivity contribution < 1.29 is 4.92 Å². The molecule has 1 rings (SSSR count). The molecule has 3 nitrogen and oxygen atoms in total. The fourth-order valence-corrected chi connectivity index (χ4v) is 1.59. The third kappa shape index (κ3) is 3.68. The van der Waals surface area contributed by atoms with Crippen LogP contribution < -0.4 is 0 Å². The molecule has 0 aromatic heterocycles. The van der Waals surface area contributed by atoms with Crippen molar-refractivity contribution in [2.75, 3.05) is 0 Å². The maximum atomic E-state index is 10.5. The van der Waals surface area contributed by atoms with Crippen LogP contribution >= 0.6 is 23.2 Å². The summed E-state index contributed by atoms with van der Waals surface area (Å²) in [7, 11) is 0. The van der Waals surface area contributed by atoms with Crippen LogP contribution in [0.2, 0.25) is 5.02 Å². The molecule has 1 aromatic rings. The fraction of sp³-hybridized carbons (Fsp3) is 0.400. The Hall–Kier alpha value is -0.800. The monoisotopic (exact) mass is 247 g/mol. The lowest BCUT2D eigenvalue weighted by Gasteiger charge is -2.05. The van der Waals surface area contributed by atoms with Gasteiger partial charge in [-0.25, -0.2) is 0 Å². The number of nitro benzene ring substituents is 1. The largest absolute Gasteiger partial charge is 0.270 e. The van der Waals surface area contributed by atoms with Crippen LogP contribution in [-0.4, -0.2) is 10.3 Å². The Labute approximate surface area is 98.2 Å². The summed E-state index contributed by atoms with van der Waals surface area (Å²) in [5.74, 6) is 0. The maximum Gasteiger partial charge on any atom is 0.270 e. The number of hydrogen-bond donors (Lipinski definition) is 0. The summed E-state index contributed by atoms with van der Waals surface area (Å²) in [5.41, 5.74) is 0.914. The molecule has 1 aromatic carbocycles. The van der Waals surface area contributed by atoms with Gasteiger partial charge in [-0.3, -0.25) is 10.1 Å². The van der Waals surface area contributed by atoms with Gasteiger partial charge in [0, 0.05) is 17.5 Å². The Kier molecular flexibility index (Phi) is 4.36. The Morgan fingerprint density at radius 1 is 1.53 bits per heavy atom. The highest BCUT2D eigenvalue weighted by Gasteiger charge is 2.09. The molecule has 1 unspecified atom stereocenters. The van der Waals surface area contributed by atoms with Crippen molar-refractivity contribution in [1.82, 2.24) is 0 Å². The number of halogens is 2. The molecule has 0 N–H and O–H groups in total. The van der Waals surface area contributed by atoms with E-state index in [2.05, 4.69) is 0 Å². The number of alkyl halides is 1. The predicted molar refractivity (Wildman–Crippen MR) is 61.7 cm³/mol. The molecule has 0 aliphatic rings. The second-order valence-corrected chi connectivity index (χ2v) is 4.50. The molecular weight excluding hydrogens is 237 g/mol. The highest BCUT2D eigenvalue weighted by atomic mass is 35.5. The fourth-order valence-electron chi connectivity index (χ4n) is 1.21. The van der Waals surface area contributed by atoms with Gasteiger partial charge >= 0.3 is 0 Å². The molecule has 5 heteroatoms. The van der Waals surface area contributed by atoms with E-state index in [9.17, 15) is 10.1 Å². The summed E-state index contributed by atoms with van der Waals surface area (Å²) in [6, 6.07) is 4.51. The summed E-state index contributed by atoms with van der Waals surface area (Å²) in [4.78, 5) is 10.00. The maximum absolute atomic E-state index is 10.5. The van der Waals surface area contributed by atoms with Gasteiger partial charge in [0.2, 0.25) is 0 Å². The zero-order valence-electron chi connectivity index (χ0n) is 8.24. The van der Waals surface area contributed by atoms with Crippen molar-refractivity contribution in [3.63, 3.8) is 0 Å². The first kappa shape index (κ1) is 12.3. The molecule has 1 atom stereocenters. The van der Waals surface area contributed by atoms with Gasteiger partial charge < -0.3 is 0 Å². The Morgan fingerprint density at radius 3 is 2.67 bits per heavy atom. The van der Waals surface area contributed by atoms with Crippen LogP contribution in [0.5, 0.6) is 0 Å². The van der Waals surface area contributed by atoms with Crippen LogP contribution in [0.15, 0.2) is 18.2 Å². The summed E-state index contributed by atoms with van der Waals surface area (Å²) < 4.78 is 0. The number of non-ortho nitro benzene ring substituents is 1. The van der Waals surface area contributed by atoms with E-state index in [0.717, 1.165) is 18.4 Å². The Balaban J connectivity index is 2.79. The van der Waals surface area contributed by atoms with Gasteiger partial charge in [-0.2, -0.15) is 0 Å². The third-order valence-electron chi connectivity index (χ3n) is 2.06. The van der Waals surface area contributed by atoms with Gasteiger partial charge in [0.05, 0.1) is 9.95 Å². The summed E-state index contributed by atoms with van der Waals surface area (Å²) in [6.45, 7) is 1.90. The van der Waals surface area contributed by atoms with Gasteiger partial charge in [-0.05, 0) is 25.3 Å². The normalized spacial score (nSPS) is 12.5. The molecule has 0 fully saturated rings. The van der Waals surface area contributed by atoms with Crippen LogP contribution in [0, 0.1) is 10.1 Å². The van der Waals surface area contributed by atoms with Gasteiger partial charge in [0.25, 0.3) is 5.69 Å². The Morgan fingerprint density at radius 2 is 2.20 bits per heavy atom. The lowest BCUT2D eigenvalue weighted by atomic mass is 10.1. The SMILES string of the molecule is CC(Cl)CCc1ccc([N+](=O)[O-])cc1Cl. The summed E-state index contributed by atoms with van der Waals surface area (Å²) >= 11 is 11.7. The molecule has 0 aliphatic carbocycles.